The average molecular weight is 277 g/mol. The zero-order valence-corrected chi connectivity index (χ0v) is 14.0. The van der Waals surface area contributed by atoms with Gasteiger partial charge < -0.3 is 10.0 Å². The number of aromatic hydroxyl groups is 1. The smallest absolute Gasteiger partial charge is 0.257 e. The molecular weight excluding hydrogens is 250 g/mol. The number of rotatable bonds is 1. The Morgan fingerprint density at radius 3 is 1.85 bits per heavy atom. The van der Waals surface area contributed by atoms with Crippen molar-refractivity contribution in [3.63, 3.8) is 0 Å². The van der Waals surface area contributed by atoms with Crippen LogP contribution in [0.25, 0.3) is 0 Å². The van der Waals surface area contributed by atoms with Crippen molar-refractivity contribution in [1.29, 1.82) is 0 Å². The van der Waals surface area contributed by atoms with Crippen LogP contribution in [0.2, 0.25) is 0 Å². The molecule has 0 atom stereocenters. The number of hydrogen-bond acceptors (Lipinski definition) is 2. The lowest BCUT2D eigenvalue weighted by atomic mass is 9.79. The number of hydrogen-bond donors (Lipinski definition) is 1. The minimum atomic E-state index is -0.216. The van der Waals surface area contributed by atoms with Crippen LogP contribution in [0.15, 0.2) is 12.1 Å². The third kappa shape index (κ3) is 3.33. The molecule has 0 aromatic heterocycles. The summed E-state index contributed by atoms with van der Waals surface area (Å²) in [5.41, 5.74) is 1.97. The number of nitrogens with zero attached hydrogens (tertiary/aromatic N) is 1. The molecule has 1 amide bonds. The summed E-state index contributed by atoms with van der Waals surface area (Å²) >= 11 is 0. The first-order valence-corrected chi connectivity index (χ1v) is 6.95. The molecule has 0 saturated heterocycles. The molecule has 1 rings (SSSR count). The number of phenolic OH excluding ortho intramolecular Hbond substituents is 1. The van der Waals surface area contributed by atoms with Gasteiger partial charge in [-0.15, -0.1) is 0 Å². The second-order valence-electron chi connectivity index (χ2n) is 7.62. The summed E-state index contributed by atoms with van der Waals surface area (Å²) < 4.78 is 0. The molecule has 0 spiro atoms. The maximum Gasteiger partial charge on any atom is 0.257 e. The molecule has 0 aliphatic rings. The molecular formula is C17H27NO2. The van der Waals surface area contributed by atoms with Crippen LogP contribution in [-0.4, -0.2) is 30.0 Å². The summed E-state index contributed by atoms with van der Waals surface area (Å²) in [5, 5.41) is 10.5. The summed E-state index contributed by atoms with van der Waals surface area (Å²) in [7, 11) is 3.39. The highest BCUT2D eigenvalue weighted by Crippen LogP contribution is 2.37. The average Bonchev–Trinajstić information content (AvgIpc) is 2.24. The Hall–Kier alpha value is -1.51. The van der Waals surface area contributed by atoms with Crippen molar-refractivity contribution < 1.29 is 9.90 Å². The molecule has 1 aromatic rings. The Labute approximate surface area is 122 Å². The molecule has 1 aromatic carbocycles. The Bertz CT molecular complexity index is 517. The Balaban J connectivity index is 3.64. The highest BCUT2D eigenvalue weighted by atomic mass is 16.3. The fourth-order valence-corrected chi connectivity index (χ4v) is 2.04. The summed E-state index contributed by atoms with van der Waals surface area (Å²) in [4.78, 5) is 13.8. The first-order valence-electron chi connectivity index (χ1n) is 6.95. The van der Waals surface area contributed by atoms with Crippen molar-refractivity contribution in [2.45, 2.75) is 52.4 Å². The quantitative estimate of drug-likeness (QED) is 0.850. The summed E-state index contributed by atoms with van der Waals surface area (Å²) in [6, 6.07) is 3.83. The van der Waals surface area contributed by atoms with Gasteiger partial charge in [0.05, 0.1) is 5.56 Å². The minimum Gasteiger partial charge on any atom is -0.507 e. The molecule has 3 nitrogen and oxygen atoms in total. The second kappa shape index (κ2) is 5.12. The van der Waals surface area contributed by atoms with Gasteiger partial charge in [0.25, 0.3) is 5.91 Å². The van der Waals surface area contributed by atoms with E-state index in [1.54, 1.807) is 14.1 Å². The van der Waals surface area contributed by atoms with E-state index in [-0.39, 0.29) is 22.5 Å². The van der Waals surface area contributed by atoms with E-state index in [0.29, 0.717) is 5.56 Å². The van der Waals surface area contributed by atoms with Gasteiger partial charge in [-0.1, -0.05) is 47.6 Å². The van der Waals surface area contributed by atoms with Crippen LogP contribution in [0.1, 0.15) is 63.0 Å². The van der Waals surface area contributed by atoms with Gasteiger partial charge >= 0.3 is 0 Å². The van der Waals surface area contributed by atoms with Gasteiger partial charge in [-0.3, -0.25) is 4.79 Å². The Morgan fingerprint density at radius 1 is 1.00 bits per heavy atom. The standard InChI is InChI=1S/C17H27NO2/c1-16(2,3)11-9-12(15(20)18(7)8)14(19)13(10-11)17(4,5)6/h9-10,19H,1-8H3. The van der Waals surface area contributed by atoms with Crippen LogP contribution in [0.4, 0.5) is 0 Å². The Morgan fingerprint density at radius 2 is 1.50 bits per heavy atom. The van der Waals surface area contributed by atoms with E-state index in [9.17, 15) is 9.90 Å². The maximum atomic E-state index is 12.3. The molecule has 0 heterocycles. The van der Waals surface area contributed by atoms with Crippen LogP contribution >= 0.6 is 0 Å². The first-order chi connectivity index (χ1) is 8.85. The predicted molar refractivity (Wildman–Crippen MR) is 83.5 cm³/mol. The highest BCUT2D eigenvalue weighted by molar-refractivity contribution is 5.97. The number of phenols is 1. The fourth-order valence-electron chi connectivity index (χ4n) is 2.04. The predicted octanol–water partition coefficient (Wildman–Crippen LogP) is 3.69. The molecule has 3 heteroatoms. The van der Waals surface area contributed by atoms with E-state index in [0.717, 1.165) is 11.1 Å². The van der Waals surface area contributed by atoms with Crippen LogP contribution < -0.4 is 0 Å². The maximum absolute atomic E-state index is 12.3. The van der Waals surface area contributed by atoms with Crippen molar-refractivity contribution in [1.82, 2.24) is 4.90 Å². The van der Waals surface area contributed by atoms with E-state index in [1.165, 1.54) is 4.90 Å². The van der Waals surface area contributed by atoms with Gasteiger partial charge in [0, 0.05) is 19.7 Å². The van der Waals surface area contributed by atoms with Gasteiger partial charge in [-0.05, 0) is 22.5 Å². The lowest BCUT2D eigenvalue weighted by molar-refractivity contribution is 0.0824. The SMILES string of the molecule is CN(C)C(=O)c1cc(C(C)(C)C)cc(C(C)(C)C)c1O. The van der Waals surface area contributed by atoms with Crippen LogP contribution in [0.5, 0.6) is 5.75 Å². The van der Waals surface area contributed by atoms with Crippen LogP contribution in [0, 0.1) is 0 Å². The summed E-state index contributed by atoms with van der Waals surface area (Å²) in [6.07, 6.45) is 0. The van der Waals surface area contributed by atoms with E-state index >= 15 is 0 Å². The van der Waals surface area contributed by atoms with E-state index < -0.39 is 0 Å². The number of carbonyl (C=O) groups is 1. The molecule has 0 aliphatic carbocycles. The normalized spacial score (nSPS) is 12.4. The molecule has 0 saturated carbocycles. The van der Waals surface area contributed by atoms with Crippen molar-refractivity contribution in [3.05, 3.63) is 28.8 Å². The Kier molecular flexibility index (Phi) is 4.23. The van der Waals surface area contributed by atoms with Crippen molar-refractivity contribution in [2.24, 2.45) is 0 Å². The topological polar surface area (TPSA) is 40.5 Å². The van der Waals surface area contributed by atoms with Crippen molar-refractivity contribution in [3.8, 4) is 5.75 Å². The van der Waals surface area contributed by atoms with Gasteiger partial charge in [0.15, 0.2) is 0 Å². The summed E-state index contributed by atoms with van der Waals surface area (Å²) in [5.74, 6) is -0.0664. The zero-order chi connectivity index (χ0) is 15.9. The van der Waals surface area contributed by atoms with E-state index in [4.69, 9.17) is 0 Å². The zero-order valence-electron chi connectivity index (χ0n) is 14.0. The lowest BCUT2D eigenvalue weighted by Crippen LogP contribution is -2.24. The number of benzene rings is 1. The first kappa shape index (κ1) is 16.5. The highest BCUT2D eigenvalue weighted by Gasteiger charge is 2.27. The molecule has 1 N–H and O–H groups in total. The molecule has 0 fully saturated rings. The molecule has 0 aliphatic heterocycles. The van der Waals surface area contributed by atoms with Gasteiger partial charge in [0.2, 0.25) is 0 Å². The van der Waals surface area contributed by atoms with Gasteiger partial charge in [-0.2, -0.15) is 0 Å². The summed E-state index contributed by atoms with van der Waals surface area (Å²) in [6.45, 7) is 12.4. The van der Waals surface area contributed by atoms with Crippen molar-refractivity contribution >= 4 is 5.91 Å². The van der Waals surface area contributed by atoms with Crippen LogP contribution in [-0.2, 0) is 10.8 Å². The van der Waals surface area contributed by atoms with Gasteiger partial charge in [-0.25, -0.2) is 0 Å². The van der Waals surface area contributed by atoms with Crippen LogP contribution in [0.3, 0.4) is 0 Å². The number of carbonyl (C=O) groups excluding carboxylic acids is 1. The molecule has 0 radical (unpaired) electrons. The monoisotopic (exact) mass is 277 g/mol. The number of amides is 1. The third-order valence-electron chi connectivity index (χ3n) is 3.42. The third-order valence-corrected chi connectivity index (χ3v) is 3.42. The van der Waals surface area contributed by atoms with Crippen molar-refractivity contribution in [2.75, 3.05) is 14.1 Å². The largest absolute Gasteiger partial charge is 0.507 e. The van der Waals surface area contributed by atoms with Gasteiger partial charge in [0.1, 0.15) is 5.75 Å². The molecule has 0 bridgehead atoms. The second-order valence-corrected chi connectivity index (χ2v) is 7.62. The fraction of sp³-hybridized carbons (Fsp3) is 0.588. The molecule has 20 heavy (non-hydrogen) atoms. The van der Waals surface area contributed by atoms with E-state index in [1.807, 2.05) is 32.9 Å². The minimum absolute atomic E-state index is 0.0744. The molecule has 0 unspecified atom stereocenters. The lowest BCUT2D eigenvalue weighted by Gasteiger charge is -2.27. The molecule has 112 valence electrons. The van der Waals surface area contributed by atoms with E-state index in [2.05, 4.69) is 20.8 Å².